The number of ketones is 3. The summed E-state index contributed by atoms with van der Waals surface area (Å²) >= 11 is 0. The fourth-order valence-electron chi connectivity index (χ4n) is 5.06. The quantitative estimate of drug-likeness (QED) is 0.681. The van der Waals surface area contributed by atoms with E-state index in [1.54, 1.807) is 15.9 Å². The summed E-state index contributed by atoms with van der Waals surface area (Å²) in [5, 5.41) is 0. The van der Waals surface area contributed by atoms with Crippen LogP contribution in [-0.2, 0) is 27.3 Å². The minimum Gasteiger partial charge on any atom is -0.351 e. The van der Waals surface area contributed by atoms with Crippen LogP contribution in [0.2, 0.25) is 0 Å². The van der Waals surface area contributed by atoms with E-state index in [1.807, 2.05) is 12.1 Å². The van der Waals surface area contributed by atoms with Crippen LogP contribution in [0.3, 0.4) is 0 Å². The molecule has 0 radical (unpaired) electrons. The van der Waals surface area contributed by atoms with Gasteiger partial charge in [0, 0.05) is 44.5 Å². The number of amides is 3. The Hall–Kier alpha value is -3.03. The highest BCUT2D eigenvalue weighted by molar-refractivity contribution is 6.07. The number of carbonyl (C=O) groups is 5. The number of hydrogen-bond donors (Lipinski definition) is 1. The second-order valence-corrected chi connectivity index (χ2v) is 9.17. The van der Waals surface area contributed by atoms with E-state index in [0.29, 0.717) is 63.2 Å². The maximum Gasteiger partial charge on any atom is 0.314 e. The smallest absolute Gasteiger partial charge is 0.314 e. The highest BCUT2D eigenvalue weighted by atomic mass is 16.2. The number of fused-ring (bicyclic) bond motifs is 1. The number of nitrogens with zero attached hydrogens (tertiary/aromatic N) is 2. The molecular weight excluding hydrogens is 410 g/mol. The Kier molecular flexibility index (Phi) is 6.39. The Morgan fingerprint density at radius 2 is 1.81 bits per heavy atom. The van der Waals surface area contributed by atoms with E-state index in [1.165, 1.54) is 0 Å². The van der Waals surface area contributed by atoms with E-state index in [2.05, 4.69) is 0 Å². The summed E-state index contributed by atoms with van der Waals surface area (Å²) in [6, 6.07) is 4.72. The van der Waals surface area contributed by atoms with E-state index in [4.69, 9.17) is 5.73 Å². The van der Waals surface area contributed by atoms with Crippen LogP contribution >= 0.6 is 0 Å². The molecule has 2 aliphatic heterocycles. The lowest BCUT2D eigenvalue weighted by molar-refractivity contribution is -0.133. The number of hydrogen-bond acceptors (Lipinski definition) is 5. The van der Waals surface area contributed by atoms with Crippen molar-refractivity contribution < 1.29 is 24.0 Å². The molecular formula is C24H29N3O5. The average Bonchev–Trinajstić information content (AvgIpc) is 3.08. The minimum absolute atomic E-state index is 0.0548. The van der Waals surface area contributed by atoms with E-state index >= 15 is 0 Å². The van der Waals surface area contributed by atoms with Gasteiger partial charge in [0.2, 0.25) is 0 Å². The maximum absolute atomic E-state index is 12.8. The number of primary amides is 1. The van der Waals surface area contributed by atoms with Crippen molar-refractivity contribution in [3.8, 4) is 0 Å². The van der Waals surface area contributed by atoms with Crippen LogP contribution in [-0.4, -0.2) is 58.2 Å². The molecule has 1 aliphatic carbocycles. The fraction of sp³-hybridized carbons (Fsp3) is 0.542. The molecule has 0 bridgehead atoms. The molecule has 2 N–H and O–H groups in total. The molecule has 2 heterocycles. The van der Waals surface area contributed by atoms with Crippen LogP contribution in [0.5, 0.6) is 0 Å². The number of rotatable bonds is 6. The fourth-order valence-corrected chi connectivity index (χ4v) is 5.06. The molecule has 32 heavy (non-hydrogen) atoms. The topological polar surface area (TPSA) is 118 Å². The van der Waals surface area contributed by atoms with Crippen LogP contribution < -0.4 is 5.73 Å². The molecule has 170 valence electrons. The lowest BCUT2D eigenvalue weighted by Crippen LogP contribution is -2.44. The molecule has 2 fully saturated rings. The van der Waals surface area contributed by atoms with Gasteiger partial charge in [-0.15, -0.1) is 0 Å². The van der Waals surface area contributed by atoms with Crippen LogP contribution in [0.1, 0.15) is 66.4 Å². The predicted octanol–water partition coefficient (Wildman–Crippen LogP) is 2.02. The van der Waals surface area contributed by atoms with Crippen molar-refractivity contribution >= 4 is 29.3 Å². The first kappa shape index (κ1) is 22.2. The molecule has 8 heteroatoms. The summed E-state index contributed by atoms with van der Waals surface area (Å²) in [7, 11) is 0. The molecule has 1 saturated heterocycles. The second kappa shape index (κ2) is 9.22. The second-order valence-electron chi connectivity index (χ2n) is 9.17. The standard InChI is InChI=1S/C24H29N3O5/c25-24(32)26-9-7-16(8-10-26)12-18(28)3-1-15-2-5-20-17(11-15)14-27(23(20)31)21-6-4-19(29)13-22(21)30/h2,5,11,16,21H,1,3-4,6-10,12-14H2,(H2,25,32). The Balaban J connectivity index is 1.30. The molecule has 1 aromatic carbocycles. The van der Waals surface area contributed by atoms with Crippen molar-refractivity contribution in [2.75, 3.05) is 13.1 Å². The summed E-state index contributed by atoms with van der Waals surface area (Å²) in [6.45, 7) is 1.60. The Bertz CT molecular complexity index is 964. The van der Waals surface area contributed by atoms with Crippen LogP contribution in [0, 0.1) is 5.92 Å². The molecule has 1 atom stereocenters. The van der Waals surface area contributed by atoms with Crippen molar-refractivity contribution in [3.63, 3.8) is 0 Å². The monoisotopic (exact) mass is 439 g/mol. The molecule has 1 saturated carbocycles. The van der Waals surface area contributed by atoms with Gasteiger partial charge < -0.3 is 15.5 Å². The first-order valence-corrected chi connectivity index (χ1v) is 11.3. The highest BCUT2D eigenvalue weighted by Crippen LogP contribution is 2.30. The first-order chi connectivity index (χ1) is 15.3. The van der Waals surface area contributed by atoms with Crippen molar-refractivity contribution in [2.24, 2.45) is 11.7 Å². The lowest BCUT2D eigenvalue weighted by atomic mass is 9.90. The molecule has 3 amide bonds. The largest absolute Gasteiger partial charge is 0.351 e. The Morgan fingerprint density at radius 1 is 1.06 bits per heavy atom. The number of piperidine rings is 1. The SMILES string of the molecule is NC(=O)N1CCC(CC(=O)CCc2ccc3c(c2)CN(C2CCC(=O)CC2=O)C3=O)CC1. The minimum atomic E-state index is -0.515. The van der Waals surface area contributed by atoms with Gasteiger partial charge in [-0.3, -0.25) is 19.2 Å². The Labute approximate surface area is 187 Å². The summed E-state index contributed by atoms with van der Waals surface area (Å²) in [5.41, 5.74) is 7.78. The number of urea groups is 1. The van der Waals surface area contributed by atoms with Crippen LogP contribution in [0.4, 0.5) is 4.79 Å². The Morgan fingerprint density at radius 3 is 2.50 bits per heavy atom. The van der Waals surface area contributed by atoms with Crippen molar-refractivity contribution in [1.29, 1.82) is 0 Å². The van der Waals surface area contributed by atoms with Gasteiger partial charge in [0.15, 0.2) is 5.78 Å². The molecule has 0 spiro atoms. The number of nitrogens with two attached hydrogens (primary N) is 1. The zero-order valence-electron chi connectivity index (χ0n) is 18.2. The van der Waals surface area contributed by atoms with Crippen molar-refractivity contribution in [1.82, 2.24) is 9.80 Å². The molecule has 0 aromatic heterocycles. The summed E-state index contributed by atoms with van der Waals surface area (Å²) in [5.74, 6) is 0.121. The third kappa shape index (κ3) is 4.74. The summed E-state index contributed by atoms with van der Waals surface area (Å²) in [6.07, 6.45) is 3.83. The van der Waals surface area contributed by atoms with Gasteiger partial charge in [-0.1, -0.05) is 12.1 Å². The number of benzene rings is 1. The zero-order chi connectivity index (χ0) is 22.8. The van der Waals surface area contributed by atoms with Crippen molar-refractivity contribution in [3.05, 3.63) is 34.9 Å². The van der Waals surface area contributed by atoms with Gasteiger partial charge in [0.05, 0.1) is 12.5 Å². The molecule has 1 aromatic rings. The van der Waals surface area contributed by atoms with E-state index in [9.17, 15) is 24.0 Å². The van der Waals surface area contributed by atoms with E-state index in [-0.39, 0.29) is 29.7 Å². The number of likely N-dealkylation sites (tertiary alicyclic amines) is 1. The van der Waals surface area contributed by atoms with E-state index in [0.717, 1.165) is 24.0 Å². The number of Topliss-reactive ketones (excluding diaryl/α,β-unsaturated/α-hetero) is 3. The normalized spacial score (nSPS) is 21.8. The highest BCUT2D eigenvalue weighted by Gasteiger charge is 2.38. The molecule has 8 nitrogen and oxygen atoms in total. The van der Waals surface area contributed by atoms with Gasteiger partial charge in [0.25, 0.3) is 5.91 Å². The molecule has 1 unspecified atom stereocenters. The van der Waals surface area contributed by atoms with Gasteiger partial charge in [-0.2, -0.15) is 0 Å². The van der Waals surface area contributed by atoms with Gasteiger partial charge in [0.1, 0.15) is 11.6 Å². The molecule has 3 aliphatic rings. The van der Waals surface area contributed by atoms with Gasteiger partial charge >= 0.3 is 6.03 Å². The zero-order valence-corrected chi connectivity index (χ0v) is 18.2. The summed E-state index contributed by atoms with van der Waals surface area (Å²) < 4.78 is 0. The average molecular weight is 440 g/mol. The third-order valence-electron chi connectivity index (χ3n) is 6.95. The van der Waals surface area contributed by atoms with Gasteiger partial charge in [-0.05, 0) is 48.8 Å². The lowest BCUT2D eigenvalue weighted by Gasteiger charge is -2.30. The maximum atomic E-state index is 12.8. The van der Waals surface area contributed by atoms with E-state index < -0.39 is 12.1 Å². The molecule has 4 rings (SSSR count). The third-order valence-corrected chi connectivity index (χ3v) is 6.95. The first-order valence-electron chi connectivity index (χ1n) is 11.3. The van der Waals surface area contributed by atoms with Crippen LogP contribution in [0.15, 0.2) is 18.2 Å². The number of carbonyl (C=O) groups excluding carboxylic acids is 5. The number of aryl methyl sites for hydroxylation is 1. The van der Waals surface area contributed by atoms with Crippen LogP contribution in [0.25, 0.3) is 0 Å². The summed E-state index contributed by atoms with van der Waals surface area (Å²) in [4.78, 5) is 63.5. The van der Waals surface area contributed by atoms with Gasteiger partial charge in [-0.25, -0.2) is 4.79 Å². The predicted molar refractivity (Wildman–Crippen MR) is 116 cm³/mol. The van der Waals surface area contributed by atoms with Crippen molar-refractivity contribution in [2.45, 2.75) is 64.0 Å².